The zero-order valence-corrected chi connectivity index (χ0v) is 20.3. The van der Waals surface area contributed by atoms with E-state index >= 15 is 0 Å². The van der Waals surface area contributed by atoms with E-state index in [0.29, 0.717) is 39.4 Å². The number of fused-ring (bicyclic) bond motifs is 1. The largest absolute Gasteiger partial charge is 0.416 e. The standard InChI is InChI=1S/C29H22F3N5O2/c30-29(31,32)21-9-12-24-25(15-21)37-28(36-24)20-5-1-3-18(13-20)19-4-2-6-23(14-19)35-26(38)16-34-22-10-7-17(8-11-22)27(33)39/h1-15,34H,16H2,(H2,33,39)(H,35,38)(H,36,37). The third-order valence-corrected chi connectivity index (χ3v) is 6.05. The van der Waals surface area contributed by atoms with Gasteiger partial charge in [0.2, 0.25) is 11.8 Å². The molecule has 39 heavy (non-hydrogen) atoms. The van der Waals surface area contributed by atoms with E-state index in [1.807, 2.05) is 42.5 Å². The fourth-order valence-corrected chi connectivity index (χ4v) is 4.09. The van der Waals surface area contributed by atoms with Gasteiger partial charge in [0, 0.05) is 22.5 Å². The van der Waals surface area contributed by atoms with Crippen molar-refractivity contribution >= 4 is 34.2 Å². The van der Waals surface area contributed by atoms with Crippen molar-refractivity contribution in [2.75, 3.05) is 17.2 Å². The summed E-state index contributed by atoms with van der Waals surface area (Å²) >= 11 is 0. The predicted octanol–water partition coefficient (Wildman–Crippen LogP) is 6.07. The summed E-state index contributed by atoms with van der Waals surface area (Å²) in [5.74, 6) is -0.340. The van der Waals surface area contributed by atoms with E-state index in [2.05, 4.69) is 20.6 Å². The highest BCUT2D eigenvalue weighted by Crippen LogP contribution is 2.32. The predicted molar refractivity (Wildman–Crippen MR) is 144 cm³/mol. The molecular weight excluding hydrogens is 507 g/mol. The van der Waals surface area contributed by atoms with Crippen LogP contribution in [0.3, 0.4) is 0 Å². The number of hydrogen-bond donors (Lipinski definition) is 4. The molecule has 5 aromatic rings. The normalized spacial score (nSPS) is 11.4. The van der Waals surface area contributed by atoms with E-state index in [0.717, 1.165) is 23.3 Å². The maximum absolute atomic E-state index is 13.1. The van der Waals surface area contributed by atoms with E-state index in [4.69, 9.17) is 5.73 Å². The van der Waals surface area contributed by atoms with Crippen LogP contribution in [0.15, 0.2) is 91.0 Å². The second kappa shape index (κ2) is 10.3. The van der Waals surface area contributed by atoms with Crippen molar-refractivity contribution in [1.29, 1.82) is 0 Å². The van der Waals surface area contributed by atoms with Crippen LogP contribution in [0.25, 0.3) is 33.5 Å². The van der Waals surface area contributed by atoms with Gasteiger partial charge in [-0.25, -0.2) is 4.98 Å². The molecule has 0 fully saturated rings. The summed E-state index contributed by atoms with van der Waals surface area (Å²) < 4.78 is 39.2. The van der Waals surface area contributed by atoms with E-state index in [9.17, 15) is 22.8 Å². The second-order valence-corrected chi connectivity index (χ2v) is 8.82. The topological polar surface area (TPSA) is 113 Å². The number of rotatable bonds is 7. The molecule has 0 bridgehead atoms. The monoisotopic (exact) mass is 529 g/mol. The van der Waals surface area contributed by atoms with Crippen LogP contribution in [0.1, 0.15) is 15.9 Å². The lowest BCUT2D eigenvalue weighted by molar-refractivity contribution is -0.137. The quantitative estimate of drug-likeness (QED) is 0.205. The van der Waals surface area contributed by atoms with Crippen molar-refractivity contribution in [3.63, 3.8) is 0 Å². The van der Waals surface area contributed by atoms with E-state index in [-0.39, 0.29) is 12.5 Å². The molecule has 5 rings (SSSR count). The number of aromatic nitrogens is 2. The van der Waals surface area contributed by atoms with Crippen LogP contribution < -0.4 is 16.4 Å². The SMILES string of the molecule is NC(=O)c1ccc(NCC(=O)Nc2cccc(-c3cccc(-c4nc5ccc(C(F)(F)F)cc5[nH]4)c3)c2)cc1. The summed E-state index contributed by atoms with van der Waals surface area (Å²) in [5, 5.41) is 5.84. The van der Waals surface area contributed by atoms with E-state index < -0.39 is 17.6 Å². The lowest BCUT2D eigenvalue weighted by Crippen LogP contribution is -2.21. The maximum atomic E-state index is 13.1. The Morgan fingerprint density at radius 2 is 1.51 bits per heavy atom. The number of halogens is 3. The van der Waals surface area contributed by atoms with Gasteiger partial charge in [0.1, 0.15) is 5.82 Å². The molecule has 0 aliphatic heterocycles. The third-order valence-electron chi connectivity index (χ3n) is 6.05. The number of nitrogens with one attached hydrogen (secondary N) is 3. The Morgan fingerprint density at radius 1 is 0.821 bits per heavy atom. The van der Waals surface area contributed by atoms with Gasteiger partial charge in [0.25, 0.3) is 0 Å². The Morgan fingerprint density at radius 3 is 2.23 bits per heavy atom. The zero-order valence-electron chi connectivity index (χ0n) is 20.3. The molecule has 0 aliphatic carbocycles. The molecule has 0 aliphatic rings. The molecular formula is C29H22F3N5O2. The van der Waals surface area contributed by atoms with Gasteiger partial charge in [0.15, 0.2) is 0 Å². The first-order valence-electron chi connectivity index (χ1n) is 11.9. The molecule has 10 heteroatoms. The van der Waals surface area contributed by atoms with Crippen LogP contribution in [0.4, 0.5) is 24.5 Å². The highest BCUT2D eigenvalue weighted by molar-refractivity contribution is 5.95. The number of amides is 2. The van der Waals surface area contributed by atoms with Gasteiger partial charge in [-0.3, -0.25) is 9.59 Å². The van der Waals surface area contributed by atoms with Crippen LogP contribution in [-0.4, -0.2) is 28.3 Å². The molecule has 0 atom stereocenters. The van der Waals surface area contributed by atoms with Crippen molar-refractivity contribution in [1.82, 2.24) is 9.97 Å². The third kappa shape index (κ3) is 5.90. The Bertz CT molecular complexity index is 1680. The molecule has 5 N–H and O–H groups in total. The second-order valence-electron chi connectivity index (χ2n) is 8.82. The van der Waals surface area contributed by atoms with Crippen molar-refractivity contribution in [3.8, 4) is 22.5 Å². The summed E-state index contributed by atoms with van der Waals surface area (Å²) in [6.45, 7) is 0.0116. The van der Waals surface area contributed by atoms with Crippen molar-refractivity contribution in [2.45, 2.75) is 6.18 Å². The van der Waals surface area contributed by atoms with E-state index in [1.165, 1.54) is 6.07 Å². The average molecular weight is 530 g/mol. The minimum atomic E-state index is -4.44. The number of benzene rings is 4. The Labute approximate surface area is 220 Å². The summed E-state index contributed by atoms with van der Waals surface area (Å²) in [4.78, 5) is 31.1. The van der Waals surface area contributed by atoms with Gasteiger partial charge in [-0.05, 0) is 71.8 Å². The minimum Gasteiger partial charge on any atom is -0.376 e. The number of alkyl halides is 3. The number of anilines is 2. The van der Waals surface area contributed by atoms with Gasteiger partial charge >= 0.3 is 6.18 Å². The van der Waals surface area contributed by atoms with Crippen LogP contribution in [0.5, 0.6) is 0 Å². The zero-order chi connectivity index (χ0) is 27.6. The smallest absolute Gasteiger partial charge is 0.376 e. The number of imidazole rings is 1. The number of carbonyl (C=O) groups is 2. The molecule has 1 heterocycles. The number of nitrogens with two attached hydrogens (primary N) is 1. The van der Waals surface area contributed by atoms with Crippen molar-refractivity contribution < 1.29 is 22.8 Å². The number of primary amides is 1. The van der Waals surface area contributed by atoms with Crippen molar-refractivity contribution in [2.24, 2.45) is 5.73 Å². The number of carbonyl (C=O) groups excluding carboxylic acids is 2. The molecule has 0 spiro atoms. The Balaban J connectivity index is 1.29. The van der Waals surface area contributed by atoms with Gasteiger partial charge in [-0.15, -0.1) is 0 Å². The lowest BCUT2D eigenvalue weighted by atomic mass is 10.0. The molecule has 0 radical (unpaired) electrons. The average Bonchev–Trinajstić information content (AvgIpc) is 3.36. The Hall–Kier alpha value is -5.12. The fraction of sp³-hybridized carbons (Fsp3) is 0.0690. The van der Waals surface area contributed by atoms with Crippen molar-refractivity contribution in [3.05, 3.63) is 102 Å². The van der Waals surface area contributed by atoms with Crippen LogP contribution in [0, 0.1) is 0 Å². The first-order chi connectivity index (χ1) is 18.7. The first-order valence-corrected chi connectivity index (χ1v) is 11.9. The van der Waals surface area contributed by atoms with Gasteiger partial charge in [-0.2, -0.15) is 13.2 Å². The van der Waals surface area contributed by atoms with Gasteiger partial charge < -0.3 is 21.4 Å². The number of H-pyrrole nitrogens is 1. The fourth-order valence-electron chi connectivity index (χ4n) is 4.09. The molecule has 0 saturated carbocycles. The summed E-state index contributed by atoms with van der Waals surface area (Å²) in [7, 11) is 0. The molecule has 4 aromatic carbocycles. The first kappa shape index (κ1) is 25.5. The van der Waals surface area contributed by atoms with Crippen LogP contribution in [0.2, 0.25) is 0 Å². The molecule has 0 saturated heterocycles. The highest BCUT2D eigenvalue weighted by atomic mass is 19.4. The van der Waals surface area contributed by atoms with Crippen LogP contribution >= 0.6 is 0 Å². The molecule has 2 amide bonds. The van der Waals surface area contributed by atoms with E-state index in [1.54, 1.807) is 30.3 Å². The van der Waals surface area contributed by atoms with Gasteiger partial charge in [-0.1, -0.05) is 30.3 Å². The molecule has 7 nitrogen and oxygen atoms in total. The number of nitrogens with zero attached hydrogens (tertiary/aromatic N) is 1. The van der Waals surface area contributed by atoms with Crippen LogP contribution in [-0.2, 0) is 11.0 Å². The summed E-state index contributed by atoms with van der Waals surface area (Å²) in [6, 6.07) is 24.6. The molecule has 196 valence electrons. The molecule has 0 unspecified atom stereocenters. The Kier molecular flexibility index (Phi) is 6.76. The van der Waals surface area contributed by atoms with Gasteiger partial charge in [0.05, 0.1) is 23.1 Å². The lowest BCUT2D eigenvalue weighted by Gasteiger charge is -2.10. The summed E-state index contributed by atoms with van der Waals surface area (Å²) in [5.41, 5.74) is 9.25. The number of aromatic amines is 1. The number of hydrogen-bond acceptors (Lipinski definition) is 4. The molecule has 1 aromatic heterocycles. The highest BCUT2D eigenvalue weighted by Gasteiger charge is 2.30. The maximum Gasteiger partial charge on any atom is 0.416 e. The minimum absolute atomic E-state index is 0.0116. The summed E-state index contributed by atoms with van der Waals surface area (Å²) in [6.07, 6.45) is -4.44.